The molecule has 1 heterocycles. The third-order valence-electron chi connectivity index (χ3n) is 4.04. The van der Waals surface area contributed by atoms with Gasteiger partial charge >= 0.3 is 0 Å². The van der Waals surface area contributed by atoms with Crippen LogP contribution in [0.3, 0.4) is 0 Å². The van der Waals surface area contributed by atoms with Crippen LogP contribution in [0.1, 0.15) is 10.4 Å². The number of carbonyl (C=O) groups excluding carboxylic acids is 2. The molecule has 1 aliphatic heterocycles. The van der Waals surface area contributed by atoms with Crippen LogP contribution in [0, 0.1) is 0 Å². The highest BCUT2D eigenvalue weighted by molar-refractivity contribution is 8.16. The highest BCUT2D eigenvalue weighted by Gasteiger charge is 2.27. The van der Waals surface area contributed by atoms with Gasteiger partial charge in [0, 0.05) is 10.6 Å². The number of anilines is 1. The van der Waals surface area contributed by atoms with Crippen LogP contribution in [-0.4, -0.2) is 22.5 Å². The zero-order chi connectivity index (χ0) is 18.1. The van der Waals surface area contributed by atoms with Crippen molar-refractivity contribution in [3.05, 3.63) is 77.3 Å². The molecule has 0 bridgehead atoms. The molecule has 26 heavy (non-hydrogen) atoms. The first-order valence-electron chi connectivity index (χ1n) is 7.95. The summed E-state index contributed by atoms with van der Waals surface area (Å²) in [5.74, 6) is -0.194. The Morgan fingerprint density at radius 3 is 2.50 bits per heavy atom. The topological polar surface area (TPSA) is 49.7 Å². The number of hydrogen-bond acceptors (Lipinski definition) is 4. The lowest BCUT2D eigenvalue weighted by Gasteiger charge is -2.22. The van der Waals surface area contributed by atoms with E-state index in [0.717, 1.165) is 22.5 Å². The molecule has 3 aromatic rings. The Labute approximate surface area is 159 Å². The minimum absolute atomic E-state index is 0.167. The van der Waals surface area contributed by atoms with Gasteiger partial charge in [-0.25, -0.2) is 0 Å². The van der Waals surface area contributed by atoms with Crippen molar-refractivity contribution in [1.29, 1.82) is 0 Å². The van der Waals surface area contributed by atoms with Gasteiger partial charge in [0.15, 0.2) is 5.04 Å². The van der Waals surface area contributed by atoms with Crippen LogP contribution in [0.5, 0.6) is 0 Å². The summed E-state index contributed by atoms with van der Waals surface area (Å²) in [6.07, 6.45) is 0. The number of Topliss-reactive ketones (excluding diaryl/α,β-unsaturated/α-hetero) is 1. The van der Waals surface area contributed by atoms with Gasteiger partial charge < -0.3 is 0 Å². The zero-order valence-electron chi connectivity index (χ0n) is 13.6. The molecule has 1 amide bonds. The third kappa shape index (κ3) is 3.23. The molecule has 0 saturated carbocycles. The standard InChI is InChI=1S/C20H13ClN2O2S/c21-16-7-9-17(10-8-16)23-18(24)12-26-20(22-23)19(25)15-6-5-13-3-1-2-4-14(13)11-15/h1-11H,12H2. The van der Waals surface area contributed by atoms with Gasteiger partial charge in [0.05, 0.1) is 11.4 Å². The van der Waals surface area contributed by atoms with E-state index in [1.54, 1.807) is 30.3 Å². The van der Waals surface area contributed by atoms with Crippen molar-refractivity contribution in [2.24, 2.45) is 5.10 Å². The molecule has 3 aromatic carbocycles. The molecular weight excluding hydrogens is 368 g/mol. The number of nitrogens with zero attached hydrogens (tertiary/aromatic N) is 2. The molecule has 4 rings (SSSR count). The predicted molar refractivity (Wildman–Crippen MR) is 107 cm³/mol. The van der Waals surface area contributed by atoms with E-state index in [-0.39, 0.29) is 17.4 Å². The van der Waals surface area contributed by atoms with Gasteiger partial charge in [-0.3, -0.25) is 9.59 Å². The average molecular weight is 381 g/mol. The maximum absolute atomic E-state index is 12.9. The molecule has 0 unspecified atom stereocenters. The molecular formula is C20H13ClN2O2S. The van der Waals surface area contributed by atoms with Gasteiger partial charge in [-0.2, -0.15) is 10.1 Å². The summed E-state index contributed by atoms with van der Waals surface area (Å²) in [6.45, 7) is 0. The number of fused-ring (bicyclic) bond motifs is 1. The summed E-state index contributed by atoms with van der Waals surface area (Å²) in [7, 11) is 0. The molecule has 0 aromatic heterocycles. The second kappa shape index (κ2) is 6.94. The van der Waals surface area contributed by atoms with Gasteiger partial charge in [0.2, 0.25) is 5.78 Å². The summed E-state index contributed by atoms with van der Waals surface area (Å²) in [5, 5.41) is 8.49. The molecule has 0 fully saturated rings. The highest BCUT2D eigenvalue weighted by Crippen LogP contribution is 2.26. The number of amides is 1. The average Bonchev–Trinajstić information content (AvgIpc) is 2.68. The van der Waals surface area contributed by atoms with E-state index in [1.165, 1.54) is 5.01 Å². The minimum atomic E-state index is -0.188. The van der Waals surface area contributed by atoms with Crippen LogP contribution in [0.25, 0.3) is 10.8 Å². The number of hydrogen-bond donors (Lipinski definition) is 0. The number of hydrazone groups is 1. The summed E-state index contributed by atoms with van der Waals surface area (Å²) in [6, 6.07) is 20.2. The van der Waals surface area contributed by atoms with E-state index in [0.29, 0.717) is 21.3 Å². The maximum Gasteiger partial charge on any atom is 0.257 e. The van der Waals surface area contributed by atoms with Crippen molar-refractivity contribution in [1.82, 2.24) is 0 Å². The number of carbonyl (C=O) groups is 2. The zero-order valence-corrected chi connectivity index (χ0v) is 15.1. The lowest BCUT2D eigenvalue weighted by atomic mass is 10.0. The highest BCUT2D eigenvalue weighted by atomic mass is 35.5. The van der Waals surface area contributed by atoms with Crippen molar-refractivity contribution < 1.29 is 9.59 Å². The van der Waals surface area contributed by atoms with E-state index in [4.69, 9.17) is 11.6 Å². The van der Waals surface area contributed by atoms with Crippen LogP contribution in [-0.2, 0) is 4.79 Å². The van der Waals surface area contributed by atoms with Crippen LogP contribution < -0.4 is 5.01 Å². The number of halogens is 1. The van der Waals surface area contributed by atoms with Crippen LogP contribution in [0.2, 0.25) is 5.02 Å². The fourth-order valence-corrected chi connectivity index (χ4v) is 3.61. The van der Waals surface area contributed by atoms with Gasteiger partial charge in [0.1, 0.15) is 0 Å². The Kier molecular flexibility index (Phi) is 4.49. The fraction of sp³-hybridized carbons (Fsp3) is 0.0500. The molecule has 0 atom stereocenters. The SMILES string of the molecule is O=C(C1=NN(c2ccc(Cl)cc2)C(=O)CS1)c1ccc2ccccc2c1. The summed E-state index contributed by atoms with van der Waals surface area (Å²) in [5.41, 5.74) is 1.14. The molecule has 128 valence electrons. The van der Waals surface area contributed by atoms with Crippen LogP contribution >= 0.6 is 23.4 Å². The monoisotopic (exact) mass is 380 g/mol. The lowest BCUT2D eigenvalue weighted by molar-refractivity contribution is -0.116. The van der Waals surface area contributed by atoms with Gasteiger partial charge in [0.25, 0.3) is 5.91 Å². The quantitative estimate of drug-likeness (QED) is 0.615. The van der Waals surface area contributed by atoms with E-state index >= 15 is 0 Å². The molecule has 0 N–H and O–H groups in total. The third-order valence-corrected chi connectivity index (χ3v) is 5.22. The van der Waals surface area contributed by atoms with Gasteiger partial charge in [-0.05, 0) is 41.1 Å². The Bertz CT molecular complexity index is 1050. The van der Waals surface area contributed by atoms with Crippen molar-refractivity contribution >= 4 is 56.6 Å². The number of ketones is 1. The van der Waals surface area contributed by atoms with Gasteiger partial charge in [-0.15, -0.1) is 0 Å². The largest absolute Gasteiger partial charge is 0.286 e. The first-order valence-corrected chi connectivity index (χ1v) is 9.31. The Morgan fingerprint density at radius 2 is 1.73 bits per heavy atom. The van der Waals surface area contributed by atoms with Crippen LogP contribution in [0.4, 0.5) is 5.69 Å². The first kappa shape index (κ1) is 16.8. The molecule has 0 aliphatic carbocycles. The number of rotatable bonds is 3. The summed E-state index contributed by atoms with van der Waals surface area (Å²) in [4.78, 5) is 25.1. The lowest BCUT2D eigenvalue weighted by Crippen LogP contribution is -2.34. The Morgan fingerprint density at radius 1 is 1.00 bits per heavy atom. The maximum atomic E-state index is 12.9. The predicted octanol–water partition coefficient (Wildman–Crippen LogP) is 4.77. The second-order valence-electron chi connectivity index (χ2n) is 5.77. The van der Waals surface area contributed by atoms with E-state index < -0.39 is 0 Å². The first-order chi connectivity index (χ1) is 12.6. The van der Waals surface area contributed by atoms with Crippen molar-refractivity contribution in [3.8, 4) is 0 Å². The minimum Gasteiger partial charge on any atom is -0.286 e. The van der Waals surface area contributed by atoms with Gasteiger partial charge in [-0.1, -0.05) is 59.8 Å². The molecule has 4 nitrogen and oxygen atoms in total. The Hall–Kier alpha value is -2.63. The smallest absolute Gasteiger partial charge is 0.257 e. The number of benzene rings is 3. The van der Waals surface area contributed by atoms with Crippen molar-refractivity contribution in [2.45, 2.75) is 0 Å². The van der Waals surface area contributed by atoms with Crippen molar-refractivity contribution in [3.63, 3.8) is 0 Å². The number of thioether (sulfide) groups is 1. The van der Waals surface area contributed by atoms with E-state index in [2.05, 4.69) is 5.10 Å². The normalized spacial score (nSPS) is 14.4. The molecule has 0 saturated heterocycles. The Balaban J connectivity index is 1.68. The molecule has 1 aliphatic rings. The molecule has 0 radical (unpaired) electrons. The second-order valence-corrected chi connectivity index (χ2v) is 7.17. The van der Waals surface area contributed by atoms with E-state index in [9.17, 15) is 9.59 Å². The fourth-order valence-electron chi connectivity index (χ4n) is 2.72. The van der Waals surface area contributed by atoms with Crippen molar-refractivity contribution in [2.75, 3.05) is 10.8 Å². The summed E-state index contributed by atoms with van der Waals surface area (Å²) < 4.78 is 0. The summed E-state index contributed by atoms with van der Waals surface area (Å²) >= 11 is 7.06. The molecule has 0 spiro atoms. The van der Waals surface area contributed by atoms with E-state index in [1.807, 2.05) is 36.4 Å². The molecule has 6 heteroatoms. The van der Waals surface area contributed by atoms with Crippen LogP contribution in [0.15, 0.2) is 71.8 Å².